The Labute approximate surface area is 98.5 Å². The first-order valence-corrected chi connectivity index (χ1v) is 6.44. The number of rotatable bonds is 2. The van der Waals surface area contributed by atoms with E-state index in [9.17, 15) is 8.42 Å². The molecule has 0 spiro atoms. The van der Waals surface area contributed by atoms with Crippen LogP contribution in [0.25, 0.3) is 0 Å². The molecule has 4 N–H and O–H groups in total. The summed E-state index contributed by atoms with van der Waals surface area (Å²) in [5, 5.41) is 0. The van der Waals surface area contributed by atoms with E-state index < -0.39 is 10.4 Å². The van der Waals surface area contributed by atoms with Crippen LogP contribution in [0.15, 0.2) is 0 Å². The highest BCUT2D eigenvalue weighted by molar-refractivity contribution is 7.80. The molecule has 0 saturated heterocycles. The molecule has 1 rings (SSSR count). The van der Waals surface area contributed by atoms with Gasteiger partial charge in [-0.2, -0.15) is 8.42 Å². The van der Waals surface area contributed by atoms with Crippen molar-refractivity contribution in [3.8, 4) is 0 Å². The van der Waals surface area contributed by atoms with Crippen LogP contribution in [-0.4, -0.2) is 45.1 Å². The lowest BCUT2D eigenvalue weighted by Crippen LogP contribution is -2.20. The van der Waals surface area contributed by atoms with Crippen LogP contribution in [0.5, 0.6) is 0 Å². The van der Waals surface area contributed by atoms with Gasteiger partial charge in [0.1, 0.15) is 0 Å². The van der Waals surface area contributed by atoms with Crippen molar-refractivity contribution in [1.82, 2.24) is 11.1 Å². The molecule has 1 aliphatic rings. The zero-order chi connectivity index (χ0) is 11.9. The molecule has 0 unspecified atom stereocenters. The molecule has 6 nitrogen and oxygen atoms in total. The van der Waals surface area contributed by atoms with Gasteiger partial charge in [0.15, 0.2) is 0 Å². The highest BCUT2D eigenvalue weighted by Crippen LogP contribution is 2.21. The smallest absolute Gasteiger partial charge is 0.344 e. The number of nitrogens with zero attached hydrogens (tertiary/aromatic N) is 1. The summed E-state index contributed by atoms with van der Waals surface area (Å²) in [6, 6.07) is 0. The summed E-state index contributed by atoms with van der Waals surface area (Å²) < 4.78 is 33.2. The molecule has 7 heteroatoms. The van der Waals surface area contributed by atoms with Gasteiger partial charge in [0.05, 0.1) is 6.10 Å². The topological polar surface area (TPSA) is 102 Å². The lowest BCUT2D eigenvalue weighted by atomic mass is 9.98. The molecule has 1 fully saturated rings. The second-order valence-electron chi connectivity index (χ2n) is 4.13. The van der Waals surface area contributed by atoms with E-state index in [1.54, 1.807) is 0 Å². The molecule has 16 heavy (non-hydrogen) atoms. The minimum absolute atomic E-state index is 0. The molecule has 0 heterocycles. The SMILES string of the molecule is CN(C)C.N.O=S(=O)(O)OC1CCCCC1. The molecule has 1 aliphatic carbocycles. The highest BCUT2D eigenvalue weighted by atomic mass is 32.3. The Hall–Kier alpha value is -0.210. The highest BCUT2D eigenvalue weighted by Gasteiger charge is 2.19. The van der Waals surface area contributed by atoms with E-state index in [2.05, 4.69) is 4.18 Å². The summed E-state index contributed by atoms with van der Waals surface area (Å²) in [7, 11) is 1.78. The lowest BCUT2D eigenvalue weighted by molar-refractivity contribution is 0.142. The first-order chi connectivity index (χ1) is 6.81. The summed E-state index contributed by atoms with van der Waals surface area (Å²) in [5.41, 5.74) is 0. The Kier molecular flexibility index (Phi) is 10.1. The molecule has 0 aromatic heterocycles. The second kappa shape index (κ2) is 8.89. The fraction of sp³-hybridized carbons (Fsp3) is 1.00. The molecular weight excluding hydrogens is 232 g/mol. The summed E-state index contributed by atoms with van der Waals surface area (Å²) in [5.74, 6) is 0. The molecule has 1 saturated carbocycles. The van der Waals surface area contributed by atoms with Crippen molar-refractivity contribution in [1.29, 1.82) is 0 Å². The summed E-state index contributed by atoms with van der Waals surface area (Å²) in [6.07, 6.45) is 4.28. The molecule has 0 aromatic rings. The van der Waals surface area contributed by atoms with Crippen LogP contribution in [0.4, 0.5) is 0 Å². The van der Waals surface area contributed by atoms with Crippen molar-refractivity contribution in [2.45, 2.75) is 38.2 Å². The van der Waals surface area contributed by atoms with Crippen molar-refractivity contribution < 1.29 is 17.2 Å². The van der Waals surface area contributed by atoms with Gasteiger partial charge in [-0.3, -0.25) is 4.55 Å². The maximum Gasteiger partial charge on any atom is 0.397 e. The summed E-state index contributed by atoms with van der Waals surface area (Å²) >= 11 is 0. The molecule has 0 atom stereocenters. The average Bonchev–Trinajstić information content (AvgIpc) is 2.01. The van der Waals surface area contributed by atoms with Crippen molar-refractivity contribution in [2.75, 3.05) is 21.1 Å². The Balaban J connectivity index is 0. The van der Waals surface area contributed by atoms with Gasteiger partial charge in [-0.25, -0.2) is 4.18 Å². The average molecular weight is 256 g/mol. The van der Waals surface area contributed by atoms with Crippen LogP contribution < -0.4 is 6.15 Å². The Morgan fingerprint density at radius 2 is 1.50 bits per heavy atom. The van der Waals surface area contributed by atoms with Gasteiger partial charge in [0.25, 0.3) is 0 Å². The molecular formula is C9H24N2O4S. The van der Waals surface area contributed by atoms with Crippen molar-refractivity contribution >= 4 is 10.4 Å². The maximum absolute atomic E-state index is 10.2. The fourth-order valence-electron chi connectivity index (χ4n) is 1.33. The zero-order valence-corrected chi connectivity index (χ0v) is 11.2. The normalized spacial score (nSPS) is 17.3. The third kappa shape index (κ3) is 13.8. The van der Waals surface area contributed by atoms with Crippen LogP contribution in [0.1, 0.15) is 32.1 Å². The number of hydrogen-bond acceptors (Lipinski definition) is 5. The molecule has 0 bridgehead atoms. The summed E-state index contributed by atoms with van der Waals surface area (Å²) in [4.78, 5) is 2.00. The molecule has 100 valence electrons. The van der Waals surface area contributed by atoms with E-state index in [1.165, 1.54) is 0 Å². The fourth-order valence-corrected chi connectivity index (χ4v) is 1.87. The molecule has 0 radical (unpaired) electrons. The Bertz CT molecular complexity index is 245. The lowest BCUT2D eigenvalue weighted by Gasteiger charge is -2.19. The predicted octanol–water partition coefficient (Wildman–Crippen LogP) is 1.48. The van der Waals surface area contributed by atoms with Crippen LogP contribution in [0.2, 0.25) is 0 Å². The second-order valence-corrected chi connectivity index (χ2v) is 5.17. The Morgan fingerprint density at radius 1 is 1.12 bits per heavy atom. The van der Waals surface area contributed by atoms with Crippen molar-refractivity contribution in [3.05, 3.63) is 0 Å². The zero-order valence-electron chi connectivity index (χ0n) is 10.3. The van der Waals surface area contributed by atoms with Gasteiger partial charge in [-0.05, 0) is 34.0 Å². The van der Waals surface area contributed by atoms with Crippen LogP contribution in [-0.2, 0) is 14.6 Å². The minimum atomic E-state index is -4.22. The predicted molar refractivity (Wildman–Crippen MR) is 64.1 cm³/mol. The van der Waals surface area contributed by atoms with E-state index in [4.69, 9.17) is 4.55 Å². The van der Waals surface area contributed by atoms with Crippen molar-refractivity contribution in [3.63, 3.8) is 0 Å². The van der Waals surface area contributed by atoms with E-state index >= 15 is 0 Å². The van der Waals surface area contributed by atoms with Crippen LogP contribution in [0, 0.1) is 0 Å². The molecule has 0 amide bonds. The van der Waals surface area contributed by atoms with Crippen LogP contribution in [0.3, 0.4) is 0 Å². The maximum atomic E-state index is 10.2. The summed E-state index contributed by atoms with van der Waals surface area (Å²) in [6.45, 7) is 0. The van der Waals surface area contributed by atoms with Gasteiger partial charge < -0.3 is 11.1 Å². The first kappa shape index (κ1) is 18.2. The van der Waals surface area contributed by atoms with Gasteiger partial charge in [0.2, 0.25) is 0 Å². The third-order valence-corrected chi connectivity index (χ3v) is 2.33. The van der Waals surface area contributed by atoms with E-state index in [0.29, 0.717) is 0 Å². The standard InChI is InChI=1S/C6H12O4S.C3H9N.H3N/c7-11(8,9)10-6-4-2-1-3-5-6;1-4(2)3;/h6H,1-5H2,(H,7,8,9);1-3H3;1H3. The van der Waals surface area contributed by atoms with Crippen molar-refractivity contribution in [2.24, 2.45) is 0 Å². The number of hydrogen-bond donors (Lipinski definition) is 2. The van der Waals surface area contributed by atoms with E-state index in [-0.39, 0.29) is 12.3 Å². The van der Waals surface area contributed by atoms with Gasteiger partial charge in [-0.15, -0.1) is 0 Å². The minimum Gasteiger partial charge on any atom is -0.344 e. The molecule has 0 aliphatic heterocycles. The van der Waals surface area contributed by atoms with Gasteiger partial charge in [0, 0.05) is 0 Å². The molecule has 0 aromatic carbocycles. The van der Waals surface area contributed by atoms with E-state index in [1.807, 2.05) is 26.0 Å². The van der Waals surface area contributed by atoms with Gasteiger partial charge in [-0.1, -0.05) is 19.3 Å². The van der Waals surface area contributed by atoms with Crippen LogP contribution >= 0.6 is 0 Å². The largest absolute Gasteiger partial charge is 0.397 e. The van der Waals surface area contributed by atoms with Gasteiger partial charge >= 0.3 is 10.4 Å². The quantitative estimate of drug-likeness (QED) is 0.725. The Morgan fingerprint density at radius 3 is 1.81 bits per heavy atom. The third-order valence-electron chi connectivity index (χ3n) is 1.81. The monoisotopic (exact) mass is 256 g/mol. The first-order valence-electron chi connectivity index (χ1n) is 5.08. The van der Waals surface area contributed by atoms with E-state index in [0.717, 1.165) is 32.1 Å².